The Bertz CT molecular complexity index is 984. The Morgan fingerprint density at radius 2 is 1.62 bits per heavy atom. The van der Waals surface area contributed by atoms with Crippen molar-refractivity contribution in [3.63, 3.8) is 0 Å². The van der Waals surface area contributed by atoms with Gasteiger partial charge < -0.3 is 14.8 Å². The fourth-order valence-corrected chi connectivity index (χ4v) is 4.93. The smallest absolute Gasteiger partial charge is 0.260 e. The lowest BCUT2D eigenvalue weighted by molar-refractivity contribution is -0.128. The molecule has 174 valence electrons. The van der Waals surface area contributed by atoms with Crippen LogP contribution in [-0.2, 0) is 21.4 Å². The average molecular weight is 461 g/mol. The quantitative estimate of drug-likeness (QED) is 0.616. The van der Waals surface area contributed by atoms with Crippen molar-refractivity contribution in [3.8, 4) is 11.5 Å². The minimum atomic E-state index is -3.67. The molecule has 2 aromatic carbocycles. The number of amides is 1. The van der Waals surface area contributed by atoms with Crippen LogP contribution in [0.3, 0.4) is 0 Å². The highest BCUT2D eigenvalue weighted by Crippen LogP contribution is 2.22. The minimum Gasteiger partial charge on any atom is -0.497 e. The van der Waals surface area contributed by atoms with E-state index in [1.165, 1.54) is 22.9 Å². The first-order chi connectivity index (χ1) is 15.3. The fraction of sp³-hybridized carbons (Fsp3) is 0.458. The first-order valence-corrected chi connectivity index (χ1v) is 12.4. The molecule has 0 aromatic heterocycles. The Balaban J connectivity index is 1.58. The van der Waals surface area contributed by atoms with Gasteiger partial charge in [-0.2, -0.15) is 4.31 Å². The molecule has 1 saturated carbocycles. The van der Waals surface area contributed by atoms with Gasteiger partial charge in [-0.15, -0.1) is 0 Å². The van der Waals surface area contributed by atoms with Crippen molar-refractivity contribution in [1.29, 1.82) is 0 Å². The first kappa shape index (κ1) is 24.1. The molecule has 7 nitrogen and oxygen atoms in total. The second-order valence-corrected chi connectivity index (χ2v) is 10.2. The molecule has 1 atom stereocenters. The number of hydrogen-bond donors (Lipinski definition) is 1. The van der Waals surface area contributed by atoms with Gasteiger partial charge in [0.25, 0.3) is 5.91 Å². The van der Waals surface area contributed by atoms with Crippen LogP contribution >= 0.6 is 0 Å². The van der Waals surface area contributed by atoms with Gasteiger partial charge in [0.15, 0.2) is 6.10 Å². The number of carbonyl (C=O) groups excluding carboxylic acids is 1. The maximum Gasteiger partial charge on any atom is 0.260 e. The Morgan fingerprint density at radius 1 is 1.03 bits per heavy atom. The number of nitrogens with one attached hydrogen (secondary N) is 1. The van der Waals surface area contributed by atoms with E-state index in [9.17, 15) is 13.2 Å². The van der Waals surface area contributed by atoms with E-state index < -0.39 is 16.1 Å². The maximum atomic E-state index is 12.9. The van der Waals surface area contributed by atoms with Crippen LogP contribution in [0.1, 0.15) is 44.6 Å². The molecule has 1 N–H and O–H groups in total. The molecule has 0 aliphatic heterocycles. The van der Waals surface area contributed by atoms with Crippen molar-refractivity contribution < 1.29 is 22.7 Å². The van der Waals surface area contributed by atoms with Gasteiger partial charge in [0.2, 0.25) is 10.0 Å². The third-order valence-electron chi connectivity index (χ3n) is 5.73. The molecule has 0 saturated heterocycles. The molecule has 0 radical (unpaired) electrons. The van der Waals surface area contributed by atoms with E-state index in [4.69, 9.17) is 9.47 Å². The third kappa shape index (κ3) is 6.23. The molecule has 32 heavy (non-hydrogen) atoms. The van der Waals surface area contributed by atoms with Gasteiger partial charge in [0.1, 0.15) is 11.5 Å². The van der Waals surface area contributed by atoms with Crippen LogP contribution in [0.5, 0.6) is 11.5 Å². The number of rotatable bonds is 9. The SMILES string of the molecule is COc1ccc(CN(C)S(=O)(=O)c2ccc(O[C@@H](C)C(=O)NC3CCCCC3)cc2)cc1. The summed E-state index contributed by atoms with van der Waals surface area (Å²) in [6, 6.07) is 13.7. The average Bonchev–Trinajstić information content (AvgIpc) is 2.80. The Morgan fingerprint density at radius 3 is 2.22 bits per heavy atom. The zero-order valence-electron chi connectivity index (χ0n) is 18.9. The molecule has 1 fully saturated rings. The van der Waals surface area contributed by atoms with E-state index in [0.717, 1.165) is 37.0 Å². The van der Waals surface area contributed by atoms with Crippen molar-refractivity contribution in [2.24, 2.45) is 0 Å². The van der Waals surface area contributed by atoms with E-state index in [1.54, 1.807) is 45.3 Å². The lowest BCUT2D eigenvalue weighted by Gasteiger charge is -2.24. The summed E-state index contributed by atoms with van der Waals surface area (Å²) in [5.74, 6) is 1.03. The fourth-order valence-electron chi connectivity index (χ4n) is 3.77. The summed E-state index contributed by atoms with van der Waals surface area (Å²) in [6.45, 7) is 1.94. The molecule has 2 aromatic rings. The van der Waals surface area contributed by atoms with Crippen molar-refractivity contribution in [2.45, 2.75) is 62.6 Å². The summed E-state index contributed by atoms with van der Waals surface area (Å²) in [5.41, 5.74) is 0.856. The van der Waals surface area contributed by atoms with Gasteiger partial charge in [0.05, 0.1) is 12.0 Å². The Labute approximate surface area is 190 Å². The summed E-state index contributed by atoms with van der Waals surface area (Å²) in [7, 11) is -0.537. The van der Waals surface area contributed by atoms with Gasteiger partial charge in [-0.3, -0.25) is 4.79 Å². The molecule has 0 bridgehead atoms. The zero-order valence-corrected chi connectivity index (χ0v) is 19.7. The van der Waals surface area contributed by atoms with Crippen LogP contribution in [0.2, 0.25) is 0 Å². The lowest BCUT2D eigenvalue weighted by Crippen LogP contribution is -2.43. The Kier molecular flexibility index (Phi) is 8.15. The highest BCUT2D eigenvalue weighted by molar-refractivity contribution is 7.89. The van der Waals surface area contributed by atoms with E-state index in [0.29, 0.717) is 5.75 Å². The number of hydrogen-bond acceptors (Lipinski definition) is 5. The van der Waals surface area contributed by atoms with E-state index in [2.05, 4.69) is 5.32 Å². The molecule has 3 rings (SSSR count). The van der Waals surface area contributed by atoms with Crippen LogP contribution in [0.15, 0.2) is 53.4 Å². The monoisotopic (exact) mass is 460 g/mol. The number of ether oxygens (including phenoxy) is 2. The van der Waals surface area contributed by atoms with Crippen molar-refractivity contribution >= 4 is 15.9 Å². The van der Waals surface area contributed by atoms with Crippen molar-refractivity contribution in [3.05, 3.63) is 54.1 Å². The summed E-state index contributed by atoms with van der Waals surface area (Å²) in [6.07, 6.45) is 4.87. The van der Waals surface area contributed by atoms with Crippen LogP contribution in [0.4, 0.5) is 0 Å². The van der Waals surface area contributed by atoms with Crippen LogP contribution in [-0.4, -0.2) is 44.9 Å². The molecule has 1 aliphatic carbocycles. The number of methoxy groups -OCH3 is 1. The van der Waals surface area contributed by atoms with Crippen LogP contribution < -0.4 is 14.8 Å². The second-order valence-electron chi connectivity index (χ2n) is 8.18. The zero-order chi connectivity index (χ0) is 23.1. The maximum absolute atomic E-state index is 12.9. The molecule has 8 heteroatoms. The number of benzene rings is 2. The second kappa shape index (κ2) is 10.8. The van der Waals surface area contributed by atoms with E-state index in [1.807, 2.05) is 12.1 Å². The standard InChI is InChI=1S/C24H32N2O5S/c1-18(24(27)25-20-7-5-4-6-8-20)31-22-13-15-23(16-14-22)32(28,29)26(2)17-19-9-11-21(30-3)12-10-19/h9-16,18,20H,4-8,17H2,1-3H3,(H,25,27)/t18-/m0/s1. The van der Waals surface area contributed by atoms with Crippen LogP contribution in [0.25, 0.3) is 0 Å². The van der Waals surface area contributed by atoms with E-state index in [-0.39, 0.29) is 23.4 Å². The van der Waals surface area contributed by atoms with E-state index >= 15 is 0 Å². The summed E-state index contributed by atoms with van der Waals surface area (Å²) >= 11 is 0. The number of nitrogens with zero attached hydrogens (tertiary/aromatic N) is 1. The van der Waals surface area contributed by atoms with Crippen LogP contribution in [0, 0.1) is 0 Å². The largest absolute Gasteiger partial charge is 0.497 e. The topological polar surface area (TPSA) is 84.9 Å². The third-order valence-corrected chi connectivity index (χ3v) is 7.55. The molecule has 0 heterocycles. The van der Waals surface area contributed by atoms with Crippen molar-refractivity contribution in [2.75, 3.05) is 14.2 Å². The minimum absolute atomic E-state index is 0.146. The predicted molar refractivity (Wildman–Crippen MR) is 123 cm³/mol. The molecule has 1 amide bonds. The van der Waals surface area contributed by atoms with Gasteiger partial charge in [0, 0.05) is 19.6 Å². The number of sulfonamides is 1. The molecule has 0 spiro atoms. The van der Waals surface area contributed by atoms with Gasteiger partial charge in [-0.05, 0) is 61.7 Å². The lowest BCUT2D eigenvalue weighted by atomic mass is 9.95. The Hall–Kier alpha value is -2.58. The highest BCUT2D eigenvalue weighted by Gasteiger charge is 2.23. The van der Waals surface area contributed by atoms with Crippen molar-refractivity contribution in [1.82, 2.24) is 9.62 Å². The summed E-state index contributed by atoms with van der Waals surface area (Å²) in [5, 5.41) is 3.05. The number of carbonyl (C=O) groups is 1. The molecular weight excluding hydrogens is 428 g/mol. The molecule has 1 aliphatic rings. The summed E-state index contributed by atoms with van der Waals surface area (Å²) < 4.78 is 38.0. The van der Waals surface area contributed by atoms with Gasteiger partial charge in [-0.25, -0.2) is 8.42 Å². The van der Waals surface area contributed by atoms with Gasteiger partial charge >= 0.3 is 0 Å². The molecular formula is C24H32N2O5S. The predicted octanol–water partition coefficient (Wildman–Crippen LogP) is 3.73. The molecule has 0 unspecified atom stereocenters. The highest BCUT2D eigenvalue weighted by atomic mass is 32.2. The summed E-state index contributed by atoms with van der Waals surface area (Å²) in [4.78, 5) is 12.6. The van der Waals surface area contributed by atoms with Gasteiger partial charge in [-0.1, -0.05) is 31.4 Å². The first-order valence-electron chi connectivity index (χ1n) is 11.0. The normalized spacial score (nSPS) is 15.9.